The highest BCUT2D eigenvalue weighted by Crippen LogP contribution is 2.41. The molecule has 0 saturated heterocycles. The van der Waals surface area contributed by atoms with Crippen LogP contribution in [0.4, 0.5) is 10.2 Å². The van der Waals surface area contributed by atoms with E-state index in [0.29, 0.717) is 41.6 Å². The largest absolute Gasteiger partial charge is 0.479 e. The number of nitrogens with zero attached hydrogens (tertiary/aromatic N) is 5. The molecular formula is C23H22BrFN6O2. The van der Waals surface area contributed by atoms with Gasteiger partial charge in [-0.1, -0.05) is 18.2 Å². The van der Waals surface area contributed by atoms with Crippen molar-refractivity contribution < 1.29 is 14.3 Å². The van der Waals surface area contributed by atoms with Gasteiger partial charge in [0.1, 0.15) is 5.82 Å². The van der Waals surface area contributed by atoms with Crippen LogP contribution in [0, 0.1) is 5.92 Å². The van der Waals surface area contributed by atoms with Gasteiger partial charge >= 0.3 is 5.97 Å². The Morgan fingerprint density at radius 3 is 2.58 bits per heavy atom. The SMILES string of the molecule is Nc1c(Br)c([C@H]2CC[C@@H](C(F)C(=O)O)CC2)nc2c(-c3cnn(-c4ccccc4)c3)cnn12. The number of carboxylic acid groups (broad SMARTS) is 1. The van der Waals surface area contributed by atoms with E-state index in [2.05, 4.69) is 26.1 Å². The summed E-state index contributed by atoms with van der Waals surface area (Å²) in [5, 5.41) is 17.9. The third-order valence-electron chi connectivity index (χ3n) is 6.37. The molecule has 0 aliphatic heterocycles. The fraction of sp³-hybridized carbons (Fsp3) is 0.304. The number of anilines is 1. The number of aliphatic carboxylic acids is 1. The van der Waals surface area contributed by atoms with E-state index in [1.54, 1.807) is 21.6 Å². The molecule has 170 valence electrons. The van der Waals surface area contributed by atoms with Crippen molar-refractivity contribution >= 4 is 33.4 Å². The minimum Gasteiger partial charge on any atom is -0.479 e. The van der Waals surface area contributed by atoms with Gasteiger partial charge < -0.3 is 10.8 Å². The summed E-state index contributed by atoms with van der Waals surface area (Å²) in [4.78, 5) is 15.9. The van der Waals surface area contributed by atoms with Crippen LogP contribution in [0.5, 0.6) is 0 Å². The average Bonchev–Trinajstić information content (AvgIpc) is 3.49. The molecule has 4 aromatic rings. The molecule has 8 nitrogen and oxygen atoms in total. The maximum atomic E-state index is 14.0. The van der Waals surface area contributed by atoms with Crippen molar-refractivity contribution in [2.24, 2.45) is 5.92 Å². The normalized spacial score (nSPS) is 19.6. The zero-order valence-corrected chi connectivity index (χ0v) is 19.2. The van der Waals surface area contributed by atoms with E-state index in [1.165, 1.54) is 0 Å². The number of carbonyl (C=O) groups is 1. The van der Waals surface area contributed by atoms with E-state index in [-0.39, 0.29) is 5.92 Å². The molecule has 0 bridgehead atoms. The van der Waals surface area contributed by atoms with Crippen molar-refractivity contribution in [3.05, 3.63) is 59.1 Å². The molecule has 0 amide bonds. The summed E-state index contributed by atoms with van der Waals surface area (Å²) < 4.78 is 18.0. The van der Waals surface area contributed by atoms with Gasteiger partial charge in [0.25, 0.3) is 0 Å². The number of aromatic nitrogens is 5. The van der Waals surface area contributed by atoms with E-state index in [0.717, 1.165) is 22.5 Å². The first kappa shape index (κ1) is 21.6. The molecule has 1 aliphatic carbocycles. The zero-order chi connectivity index (χ0) is 23.1. The van der Waals surface area contributed by atoms with Gasteiger partial charge in [-0.25, -0.2) is 18.9 Å². The number of carboxylic acids is 1. The number of hydrogen-bond donors (Lipinski definition) is 2. The third kappa shape index (κ3) is 3.88. The summed E-state index contributed by atoms with van der Waals surface area (Å²) in [7, 11) is 0. The fourth-order valence-corrected chi connectivity index (χ4v) is 5.14. The fourth-order valence-electron chi connectivity index (χ4n) is 4.56. The predicted octanol–water partition coefficient (Wildman–Crippen LogP) is 4.62. The van der Waals surface area contributed by atoms with Crippen LogP contribution in [-0.2, 0) is 4.79 Å². The molecule has 3 aromatic heterocycles. The molecule has 10 heteroatoms. The molecule has 33 heavy (non-hydrogen) atoms. The zero-order valence-electron chi connectivity index (χ0n) is 17.6. The lowest BCUT2D eigenvalue weighted by atomic mass is 9.78. The van der Waals surface area contributed by atoms with E-state index in [4.69, 9.17) is 15.8 Å². The number of nitrogens with two attached hydrogens (primary N) is 1. The van der Waals surface area contributed by atoms with Gasteiger partial charge in [0.2, 0.25) is 0 Å². The number of hydrogen-bond acceptors (Lipinski definition) is 5. The molecule has 3 N–H and O–H groups in total. The van der Waals surface area contributed by atoms with Crippen molar-refractivity contribution in [2.45, 2.75) is 37.8 Å². The van der Waals surface area contributed by atoms with Crippen molar-refractivity contribution in [2.75, 3.05) is 5.73 Å². The van der Waals surface area contributed by atoms with E-state index in [9.17, 15) is 9.18 Å². The molecule has 0 radical (unpaired) electrons. The van der Waals surface area contributed by atoms with Crippen molar-refractivity contribution in [1.29, 1.82) is 0 Å². The second-order valence-electron chi connectivity index (χ2n) is 8.35. The summed E-state index contributed by atoms with van der Waals surface area (Å²) in [5.74, 6) is -1.36. The number of fused-ring (bicyclic) bond motifs is 1. The van der Waals surface area contributed by atoms with Gasteiger partial charge in [-0.2, -0.15) is 14.7 Å². The van der Waals surface area contributed by atoms with E-state index in [1.807, 2.05) is 36.5 Å². The predicted molar refractivity (Wildman–Crippen MR) is 125 cm³/mol. The van der Waals surface area contributed by atoms with Crippen LogP contribution in [0.15, 0.2) is 53.4 Å². The Labute approximate surface area is 197 Å². The second-order valence-corrected chi connectivity index (χ2v) is 9.14. The number of para-hydroxylation sites is 1. The number of alkyl halides is 1. The van der Waals surface area contributed by atoms with Crippen LogP contribution in [0.2, 0.25) is 0 Å². The minimum atomic E-state index is -1.82. The molecule has 5 rings (SSSR count). The van der Waals surface area contributed by atoms with Crippen LogP contribution < -0.4 is 5.73 Å². The number of halogens is 2. The summed E-state index contributed by atoms with van der Waals surface area (Å²) in [5.41, 5.74) is 10.4. The van der Waals surface area contributed by atoms with Crippen LogP contribution in [0.25, 0.3) is 22.5 Å². The van der Waals surface area contributed by atoms with Crippen molar-refractivity contribution in [3.63, 3.8) is 0 Å². The van der Waals surface area contributed by atoms with E-state index >= 15 is 0 Å². The maximum absolute atomic E-state index is 14.0. The standard InChI is InChI=1S/C23H22BrFN6O2/c24-18-20(14-8-6-13(7-9-14)19(25)23(32)33)29-22-17(11-28-31(22)21(18)26)15-10-27-30(12-15)16-4-2-1-3-5-16/h1-5,10-14,19H,6-9,26H2,(H,32,33)/t13-,14+,19?. The van der Waals surface area contributed by atoms with Crippen molar-refractivity contribution in [3.8, 4) is 16.8 Å². The quantitative estimate of drug-likeness (QED) is 0.403. The van der Waals surface area contributed by atoms with Gasteiger partial charge in [0.15, 0.2) is 11.8 Å². The van der Waals surface area contributed by atoms with E-state index < -0.39 is 18.1 Å². The first-order valence-electron chi connectivity index (χ1n) is 10.7. The van der Waals surface area contributed by atoms with Crippen LogP contribution in [0.3, 0.4) is 0 Å². The van der Waals surface area contributed by atoms with Crippen molar-refractivity contribution in [1.82, 2.24) is 24.4 Å². The smallest absolute Gasteiger partial charge is 0.338 e. The topological polar surface area (TPSA) is 111 Å². The van der Waals surface area contributed by atoms with Crippen LogP contribution >= 0.6 is 15.9 Å². The molecule has 3 heterocycles. The highest BCUT2D eigenvalue weighted by Gasteiger charge is 2.34. The molecule has 1 saturated carbocycles. The molecule has 0 spiro atoms. The second kappa shape index (κ2) is 8.58. The Kier molecular flexibility index (Phi) is 5.61. The minimum absolute atomic E-state index is 0.0544. The number of nitrogen functional groups attached to an aromatic ring is 1. The highest BCUT2D eigenvalue weighted by atomic mass is 79.9. The Hall–Kier alpha value is -3.27. The molecule has 1 aliphatic rings. The Morgan fingerprint density at radius 1 is 1.15 bits per heavy atom. The lowest BCUT2D eigenvalue weighted by Crippen LogP contribution is -2.28. The Morgan fingerprint density at radius 2 is 1.88 bits per heavy atom. The van der Waals surface area contributed by atoms with Gasteiger partial charge in [-0.15, -0.1) is 0 Å². The molecular weight excluding hydrogens is 491 g/mol. The van der Waals surface area contributed by atoms with Gasteiger partial charge in [-0.3, -0.25) is 0 Å². The Balaban J connectivity index is 1.48. The molecule has 1 unspecified atom stereocenters. The average molecular weight is 513 g/mol. The summed E-state index contributed by atoms with van der Waals surface area (Å²) >= 11 is 3.57. The third-order valence-corrected chi connectivity index (χ3v) is 7.18. The van der Waals surface area contributed by atoms with Crippen LogP contribution in [0.1, 0.15) is 37.3 Å². The summed E-state index contributed by atoms with van der Waals surface area (Å²) in [6.45, 7) is 0. The molecule has 1 fully saturated rings. The summed E-state index contributed by atoms with van der Waals surface area (Å²) in [6.07, 6.45) is 5.87. The maximum Gasteiger partial charge on any atom is 0.338 e. The lowest BCUT2D eigenvalue weighted by Gasteiger charge is -2.29. The lowest BCUT2D eigenvalue weighted by molar-refractivity contribution is -0.145. The Bertz CT molecular complexity index is 1310. The van der Waals surface area contributed by atoms with Crippen LogP contribution in [-0.4, -0.2) is 41.6 Å². The first-order valence-corrected chi connectivity index (χ1v) is 11.5. The monoisotopic (exact) mass is 512 g/mol. The number of rotatable bonds is 5. The first-order chi connectivity index (χ1) is 15.9. The summed E-state index contributed by atoms with van der Waals surface area (Å²) in [6, 6.07) is 9.80. The van der Waals surface area contributed by atoms with Gasteiger partial charge in [0.05, 0.1) is 28.2 Å². The molecule has 1 atom stereocenters. The molecule has 1 aromatic carbocycles. The van der Waals surface area contributed by atoms with Gasteiger partial charge in [-0.05, 0) is 53.7 Å². The highest BCUT2D eigenvalue weighted by molar-refractivity contribution is 9.10. The van der Waals surface area contributed by atoms with Gasteiger partial charge in [0, 0.05) is 29.2 Å². The number of benzene rings is 1.